The van der Waals surface area contributed by atoms with Gasteiger partial charge in [-0.1, -0.05) is 12.1 Å². The van der Waals surface area contributed by atoms with E-state index in [9.17, 15) is 9.59 Å². The molecule has 3 aliphatic heterocycles. The molecule has 0 saturated carbocycles. The third-order valence-corrected chi connectivity index (χ3v) is 8.77. The number of thiophene rings is 1. The van der Waals surface area contributed by atoms with Crippen molar-refractivity contribution in [1.82, 2.24) is 30.0 Å². The maximum Gasteiger partial charge on any atom is 0.306 e. The number of fused-ring (bicyclic) bond motifs is 2. The Labute approximate surface area is 228 Å². The molecule has 4 aromatic rings. The van der Waals surface area contributed by atoms with Crippen LogP contribution in [0.25, 0.3) is 32.5 Å². The van der Waals surface area contributed by atoms with Crippen LogP contribution in [0.4, 0.5) is 5.82 Å². The molecule has 0 radical (unpaired) electrons. The minimum atomic E-state index is -0.606. The SMILES string of the molecule is O=C1CCC(C(=O)N2CCN(Cc3cc4nc(-c5cccc6[nH]ncc56)nc(N5CCOCC5)c4s3)CC2)O1. The molecule has 0 bridgehead atoms. The minimum Gasteiger partial charge on any atom is -0.452 e. The number of hydrogen-bond acceptors (Lipinski definition) is 10. The summed E-state index contributed by atoms with van der Waals surface area (Å²) in [7, 11) is 0. The average Bonchev–Trinajstić information content (AvgIpc) is 3.72. The predicted molar refractivity (Wildman–Crippen MR) is 147 cm³/mol. The van der Waals surface area contributed by atoms with E-state index in [0.29, 0.717) is 45.0 Å². The summed E-state index contributed by atoms with van der Waals surface area (Å²) in [5.74, 6) is 1.31. The number of hydrogen-bond donors (Lipinski definition) is 1. The molecule has 202 valence electrons. The number of esters is 1. The summed E-state index contributed by atoms with van der Waals surface area (Å²) in [4.78, 5) is 42.0. The fourth-order valence-corrected chi connectivity index (χ4v) is 6.72. The Balaban J connectivity index is 1.14. The fourth-order valence-electron chi connectivity index (χ4n) is 5.57. The van der Waals surface area contributed by atoms with Crippen LogP contribution in [-0.2, 0) is 25.6 Å². The number of nitrogens with one attached hydrogen (secondary N) is 1. The number of nitrogens with zero attached hydrogens (tertiary/aromatic N) is 6. The van der Waals surface area contributed by atoms with E-state index in [0.717, 1.165) is 65.2 Å². The Morgan fingerprint density at radius 2 is 1.95 bits per heavy atom. The highest BCUT2D eigenvalue weighted by molar-refractivity contribution is 7.19. The van der Waals surface area contributed by atoms with E-state index >= 15 is 0 Å². The summed E-state index contributed by atoms with van der Waals surface area (Å²) in [6, 6.07) is 8.23. The Hall–Kier alpha value is -3.61. The zero-order valence-corrected chi connectivity index (χ0v) is 22.3. The Kier molecular flexibility index (Phi) is 6.37. The van der Waals surface area contributed by atoms with E-state index in [2.05, 4.69) is 26.1 Å². The number of aromatic amines is 1. The molecule has 3 saturated heterocycles. The molecule has 12 heteroatoms. The van der Waals surface area contributed by atoms with Crippen molar-refractivity contribution in [3.63, 3.8) is 0 Å². The Morgan fingerprint density at radius 3 is 2.74 bits per heavy atom. The summed E-state index contributed by atoms with van der Waals surface area (Å²) >= 11 is 1.74. The van der Waals surface area contributed by atoms with E-state index in [1.165, 1.54) is 4.88 Å². The number of morpholine rings is 1. The van der Waals surface area contributed by atoms with Gasteiger partial charge in [-0.3, -0.25) is 19.6 Å². The van der Waals surface area contributed by atoms with E-state index in [-0.39, 0.29) is 11.9 Å². The second-order valence-electron chi connectivity index (χ2n) is 10.2. The predicted octanol–water partition coefficient (Wildman–Crippen LogP) is 2.42. The van der Waals surface area contributed by atoms with Crippen molar-refractivity contribution >= 4 is 50.2 Å². The van der Waals surface area contributed by atoms with Gasteiger partial charge in [0.1, 0.15) is 0 Å². The van der Waals surface area contributed by atoms with Crippen molar-refractivity contribution in [3.8, 4) is 11.4 Å². The third kappa shape index (κ3) is 4.72. The van der Waals surface area contributed by atoms with Crippen molar-refractivity contribution in [2.24, 2.45) is 0 Å². The number of amides is 1. The van der Waals surface area contributed by atoms with Crippen LogP contribution in [0.3, 0.4) is 0 Å². The molecule has 3 fully saturated rings. The van der Waals surface area contributed by atoms with Crippen molar-refractivity contribution in [1.29, 1.82) is 0 Å². The fraction of sp³-hybridized carbons (Fsp3) is 0.444. The number of cyclic esters (lactones) is 1. The molecule has 1 amide bonds. The van der Waals surface area contributed by atoms with E-state index < -0.39 is 6.10 Å². The molecule has 1 aromatic carbocycles. The lowest BCUT2D eigenvalue weighted by Crippen LogP contribution is -2.51. The quantitative estimate of drug-likeness (QED) is 0.376. The van der Waals surface area contributed by atoms with Crippen LogP contribution >= 0.6 is 11.3 Å². The smallest absolute Gasteiger partial charge is 0.306 e. The first-order valence-electron chi connectivity index (χ1n) is 13.4. The molecule has 1 N–H and O–H groups in total. The molecule has 0 aliphatic carbocycles. The maximum absolute atomic E-state index is 12.7. The number of carbonyl (C=O) groups is 2. The first kappa shape index (κ1) is 24.4. The zero-order valence-electron chi connectivity index (χ0n) is 21.5. The van der Waals surface area contributed by atoms with Crippen LogP contribution in [0.2, 0.25) is 0 Å². The molecular formula is C27H29N7O4S. The van der Waals surface area contributed by atoms with Gasteiger partial charge in [0, 0.05) is 74.5 Å². The molecule has 1 unspecified atom stereocenters. The molecule has 0 spiro atoms. The molecular weight excluding hydrogens is 518 g/mol. The van der Waals surface area contributed by atoms with Gasteiger partial charge in [-0.2, -0.15) is 5.10 Å². The first-order chi connectivity index (χ1) is 19.1. The van der Waals surface area contributed by atoms with Crippen LogP contribution in [0.1, 0.15) is 17.7 Å². The molecule has 39 heavy (non-hydrogen) atoms. The van der Waals surface area contributed by atoms with Gasteiger partial charge in [0.15, 0.2) is 17.7 Å². The van der Waals surface area contributed by atoms with E-state index in [1.54, 1.807) is 11.3 Å². The minimum absolute atomic E-state index is 0.0621. The monoisotopic (exact) mass is 547 g/mol. The van der Waals surface area contributed by atoms with Gasteiger partial charge in [-0.05, 0) is 12.1 Å². The van der Waals surface area contributed by atoms with Crippen molar-refractivity contribution in [2.75, 3.05) is 57.4 Å². The van der Waals surface area contributed by atoms with Gasteiger partial charge in [-0.15, -0.1) is 11.3 Å². The van der Waals surface area contributed by atoms with Gasteiger partial charge in [-0.25, -0.2) is 9.97 Å². The van der Waals surface area contributed by atoms with Crippen LogP contribution in [0.5, 0.6) is 0 Å². The number of piperazine rings is 1. The van der Waals surface area contributed by atoms with Crippen molar-refractivity contribution in [2.45, 2.75) is 25.5 Å². The topological polar surface area (TPSA) is 117 Å². The highest BCUT2D eigenvalue weighted by atomic mass is 32.1. The molecule has 11 nitrogen and oxygen atoms in total. The second kappa shape index (κ2) is 10.2. The average molecular weight is 548 g/mol. The van der Waals surface area contributed by atoms with E-state index in [4.69, 9.17) is 19.4 Å². The van der Waals surface area contributed by atoms with Gasteiger partial charge in [0.2, 0.25) is 0 Å². The standard InChI is InChI=1S/C27H29N7O4S/c35-23-5-4-22(38-23)27(36)34-8-6-32(7-9-34)16-17-14-21-24(39-17)26(33-10-12-37-13-11-33)30-25(29-21)18-2-1-3-20-19(18)15-28-31-20/h1-3,14-15,22H,4-13,16H2,(H,28,31). The number of benzene rings is 1. The van der Waals surface area contributed by atoms with Crippen molar-refractivity contribution in [3.05, 3.63) is 35.3 Å². The Bertz CT molecular complexity index is 1540. The summed E-state index contributed by atoms with van der Waals surface area (Å²) in [6.07, 6.45) is 2.04. The highest BCUT2D eigenvalue weighted by Crippen LogP contribution is 2.36. The summed E-state index contributed by atoms with van der Waals surface area (Å²) in [5.41, 5.74) is 2.86. The number of rotatable bonds is 5. The zero-order chi connectivity index (χ0) is 26.3. The van der Waals surface area contributed by atoms with Crippen molar-refractivity contribution < 1.29 is 19.1 Å². The second-order valence-corrected chi connectivity index (χ2v) is 11.3. The van der Waals surface area contributed by atoms with Crippen LogP contribution in [-0.4, -0.2) is 100 Å². The summed E-state index contributed by atoms with van der Waals surface area (Å²) < 4.78 is 11.9. The van der Waals surface area contributed by atoms with Gasteiger partial charge in [0.05, 0.1) is 35.1 Å². The number of ether oxygens (including phenoxy) is 2. The molecule has 3 aromatic heterocycles. The molecule has 7 rings (SSSR count). The third-order valence-electron chi connectivity index (χ3n) is 7.66. The number of anilines is 1. The maximum atomic E-state index is 12.7. The van der Waals surface area contributed by atoms with Crippen LogP contribution in [0.15, 0.2) is 30.5 Å². The van der Waals surface area contributed by atoms with Gasteiger partial charge < -0.3 is 19.3 Å². The van der Waals surface area contributed by atoms with E-state index in [1.807, 2.05) is 29.3 Å². The number of aromatic nitrogens is 4. The first-order valence-corrected chi connectivity index (χ1v) is 14.2. The van der Waals surface area contributed by atoms with Crippen LogP contribution < -0.4 is 4.90 Å². The highest BCUT2D eigenvalue weighted by Gasteiger charge is 2.34. The van der Waals surface area contributed by atoms with Gasteiger partial charge >= 0.3 is 5.97 Å². The lowest BCUT2D eigenvalue weighted by atomic mass is 10.1. The summed E-state index contributed by atoms with van der Waals surface area (Å²) in [5, 5.41) is 8.26. The lowest BCUT2D eigenvalue weighted by molar-refractivity contribution is -0.153. The lowest BCUT2D eigenvalue weighted by Gasteiger charge is -2.35. The molecule has 3 aliphatic rings. The molecule has 1 atom stereocenters. The Morgan fingerprint density at radius 1 is 1.10 bits per heavy atom. The summed E-state index contributed by atoms with van der Waals surface area (Å²) in [6.45, 7) is 6.55. The number of carbonyl (C=O) groups excluding carboxylic acids is 2. The number of H-pyrrole nitrogens is 1. The normalized spacial score (nSPS) is 20.7. The molecule has 6 heterocycles. The van der Waals surface area contributed by atoms with Crippen LogP contribution in [0, 0.1) is 0 Å². The largest absolute Gasteiger partial charge is 0.452 e. The van der Waals surface area contributed by atoms with Gasteiger partial charge in [0.25, 0.3) is 5.91 Å².